The molecule has 0 radical (unpaired) electrons. The number of ether oxygens (including phenoxy) is 1. The lowest BCUT2D eigenvalue weighted by atomic mass is 10.00. The van der Waals surface area contributed by atoms with Crippen LogP contribution < -0.4 is 4.74 Å². The summed E-state index contributed by atoms with van der Waals surface area (Å²) in [6.45, 7) is 1.17. The van der Waals surface area contributed by atoms with Gasteiger partial charge in [0.1, 0.15) is 21.3 Å². The molecule has 2 heterocycles. The number of methoxy groups -OCH3 is 1. The van der Waals surface area contributed by atoms with E-state index >= 15 is 0 Å². The van der Waals surface area contributed by atoms with E-state index in [1.807, 2.05) is 35.9 Å². The predicted octanol–water partition coefficient (Wildman–Crippen LogP) is 2.08. The Labute approximate surface area is 148 Å². The van der Waals surface area contributed by atoms with Crippen LogP contribution in [0.2, 0.25) is 0 Å². The van der Waals surface area contributed by atoms with Crippen LogP contribution in [0.3, 0.4) is 0 Å². The fourth-order valence-corrected chi connectivity index (χ4v) is 4.75. The molecule has 1 fully saturated rings. The van der Waals surface area contributed by atoms with Gasteiger partial charge >= 0.3 is 0 Å². The van der Waals surface area contributed by atoms with Gasteiger partial charge in [-0.25, -0.2) is 8.42 Å². The van der Waals surface area contributed by atoms with Gasteiger partial charge in [-0.1, -0.05) is 0 Å². The Balaban J connectivity index is 1.85. The maximum absolute atomic E-state index is 13.0. The summed E-state index contributed by atoms with van der Waals surface area (Å²) in [4.78, 5) is 14.8. The van der Waals surface area contributed by atoms with E-state index in [0.717, 1.165) is 29.5 Å². The Hall–Kier alpha value is -2.02. The Morgan fingerprint density at radius 1 is 1.32 bits per heavy atom. The zero-order chi connectivity index (χ0) is 18.2. The third kappa shape index (κ3) is 3.81. The van der Waals surface area contributed by atoms with Crippen LogP contribution in [0, 0.1) is 5.92 Å². The van der Waals surface area contributed by atoms with Gasteiger partial charge in [-0.3, -0.25) is 4.79 Å². The number of amides is 1. The molecule has 2 aromatic rings. The number of hydrogen-bond acceptors (Lipinski definition) is 4. The van der Waals surface area contributed by atoms with Crippen LogP contribution >= 0.6 is 0 Å². The third-order valence-corrected chi connectivity index (χ3v) is 5.89. The van der Waals surface area contributed by atoms with E-state index in [0.29, 0.717) is 18.8 Å². The standard InChI is InChI=1S/C18H24N2O4S/c1-19-16-10-15(24-2)7-6-14(16)9-17(19)18(21)20-8-4-5-13(11-20)12-25(3,22)23/h6-7,9-10,13H,4-5,8,11-12H2,1-3H3/t13-/m0/s1. The second-order valence-corrected chi connectivity index (χ2v) is 9.05. The number of fused-ring (bicyclic) bond motifs is 1. The molecule has 136 valence electrons. The molecule has 1 aliphatic rings. The van der Waals surface area contributed by atoms with Crippen LogP contribution in [0.5, 0.6) is 5.75 Å². The van der Waals surface area contributed by atoms with Crippen LogP contribution in [0.4, 0.5) is 0 Å². The first-order valence-corrected chi connectivity index (χ1v) is 10.4. The molecular formula is C18H24N2O4S. The maximum Gasteiger partial charge on any atom is 0.270 e. The molecule has 7 heteroatoms. The Morgan fingerprint density at radius 2 is 2.08 bits per heavy atom. The van der Waals surface area contributed by atoms with Crippen molar-refractivity contribution in [3.05, 3.63) is 30.0 Å². The summed E-state index contributed by atoms with van der Waals surface area (Å²) in [6, 6.07) is 7.61. The normalized spacial score (nSPS) is 18.5. The van der Waals surface area contributed by atoms with Crippen molar-refractivity contribution in [1.29, 1.82) is 0 Å². The Bertz CT molecular complexity index is 901. The van der Waals surface area contributed by atoms with Gasteiger partial charge in [-0.15, -0.1) is 0 Å². The molecule has 1 atom stereocenters. The summed E-state index contributed by atoms with van der Waals surface area (Å²) in [5.74, 6) is 0.862. The van der Waals surface area contributed by atoms with Crippen molar-refractivity contribution in [2.45, 2.75) is 12.8 Å². The Kier molecular flexibility index (Phi) is 4.77. The van der Waals surface area contributed by atoms with Gasteiger partial charge in [-0.05, 0) is 37.0 Å². The monoisotopic (exact) mass is 364 g/mol. The van der Waals surface area contributed by atoms with Gasteiger partial charge in [0.05, 0.1) is 18.4 Å². The van der Waals surface area contributed by atoms with Crippen LogP contribution in [-0.4, -0.2) is 56.0 Å². The molecule has 0 bridgehead atoms. The third-order valence-electron chi connectivity index (χ3n) is 4.82. The molecule has 1 aliphatic heterocycles. The molecule has 0 aliphatic carbocycles. The first-order valence-electron chi connectivity index (χ1n) is 8.39. The number of piperidine rings is 1. The lowest BCUT2D eigenvalue weighted by molar-refractivity contribution is 0.0675. The van der Waals surface area contributed by atoms with Gasteiger partial charge in [0, 0.05) is 37.8 Å². The van der Waals surface area contributed by atoms with Gasteiger partial charge in [0.2, 0.25) is 0 Å². The van der Waals surface area contributed by atoms with Crippen molar-refractivity contribution >= 4 is 26.6 Å². The van der Waals surface area contributed by atoms with Crippen LogP contribution in [-0.2, 0) is 16.9 Å². The molecule has 0 saturated carbocycles. The number of aryl methyl sites for hydroxylation is 1. The number of rotatable bonds is 4. The topological polar surface area (TPSA) is 68.6 Å². The first-order chi connectivity index (χ1) is 11.8. The molecule has 0 unspecified atom stereocenters. The van der Waals surface area contributed by atoms with Crippen LogP contribution in [0.25, 0.3) is 10.9 Å². The number of sulfone groups is 1. The van der Waals surface area contributed by atoms with Crippen molar-refractivity contribution in [2.24, 2.45) is 13.0 Å². The maximum atomic E-state index is 13.0. The van der Waals surface area contributed by atoms with Gasteiger partial charge in [0.25, 0.3) is 5.91 Å². The fraction of sp³-hybridized carbons (Fsp3) is 0.500. The average molecular weight is 364 g/mol. The van der Waals surface area contributed by atoms with Crippen molar-refractivity contribution in [1.82, 2.24) is 9.47 Å². The minimum absolute atomic E-state index is 0.0162. The minimum Gasteiger partial charge on any atom is -0.497 e. The van der Waals surface area contributed by atoms with E-state index in [9.17, 15) is 13.2 Å². The second kappa shape index (κ2) is 6.71. The number of hydrogen-bond donors (Lipinski definition) is 0. The number of benzene rings is 1. The van der Waals surface area contributed by atoms with Crippen molar-refractivity contribution < 1.29 is 17.9 Å². The highest BCUT2D eigenvalue weighted by Gasteiger charge is 2.28. The molecule has 1 aromatic heterocycles. The van der Waals surface area contributed by atoms with Gasteiger partial charge < -0.3 is 14.2 Å². The molecule has 6 nitrogen and oxygen atoms in total. The zero-order valence-corrected chi connectivity index (χ0v) is 15.7. The van der Waals surface area contributed by atoms with Gasteiger partial charge in [-0.2, -0.15) is 0 Å². The number of nitrogens with zero attached hydrogens (tertiary/aromatic N) is 2. The zero-order valence-electron chi connectivity index (χ0n) is 14.9. The summed E-state index contributed by atoms with van der Waals surface area (Å²) >= 11 is 0. The molecular weight excluding hydrogens is 340 g/mol. The molecule has 1 amide bonds. The average Bonchev–Trinajstić information content (AvgIpc) is 2.89. The highest BCUT2D eigenvalue weighted by Crippen LogP contribution is 2.26. The van der Waals surface area contributed by atoms with Crippen LogP contribution in [0.15, 0.2) is 24.3 Å². The lowest BCUT2D eigenvalue weighted by Crippen LogP contribution is -2.42. The van der Waals surface area contributed by atoms with Crippen molar-refractivity contribution in [2.75, 3.05) is 32.2 Å². The minimum atomic E-state index is -3.03. The van der Waals surface area contributed by atoms with E-state index in [-0.39, 0.29) is 17.6 Å². The van der Waals surface area contributed by atoms with E-state index in [4.69, 9.17) is 4.74 Å². The molecule has 3 rings (SSSR count). The summed E-state index contributed by atoms with van der Waals surface area (Å²) in [6.07, 6.45) is 2.94. The number of aromatic nitrogens is 1. The number of carbonyl (C=O) groups excluding carboxylic acids is 1. The molecule has 25 heavy (non-hydrogen) atoms. The molecule has 1 saturated heterocycles. The highest BCUT2D eigenvalue weighted by atomic mass is 32.2. The summed E-state index contributed by atoms with van der Waals surface area (Å²) in [5, 5.41) is 0.983. The number of carbonyl (C=O) groups is 1. The largest absolute Gasteiger partial charge is 0.497 e. The van der Waals surface area contributed by atoms with Crippen molar-refractivity contribution in [3.8, 4) is 5.75 Å². The van der Waals surface area contributed by atoms with Crippen molar-refractivity contribution in [3.63, 3.8) is 0 Å². The van der Waals surface area contributed by atoms with E-state index < -0.39 is 9.84 Å². The molecule has 1 aromatic carbocycles. The Morgan fingerprint density at radius 3 is 2.76 bits per heavy atom. The lowest BCUT2D eigenvalue weighted by Gasteiger charge is -2.32. The fourth-order valence-electron chi connectivity index (χ4n) is 3.62. The first kappa shape index (κ1) is 17.8. The molecule has 0 N–H and O–H groups in total. The second-order valence-electron chi connectivity index (χ2n) is 6.87. The summed E-state index contributed by atoms with van der Waals surface area (Å²) < 4.78 is 30.3. The highest BCUT2D eigenvalue weighted by molar-refractivity contribution is 7.90. The smallest absolute Gasteiger partial charge is 0.270 e. The van der Waals surface area contributed by atoms with E-state index in [1.165, 1.54) is 6.26 Å². The number of likely N-dealkylation sites (tertiary alicyclic amines) is 1. The molecule has 0 spiro atoms. The summed E-state index contributed by atoms with van der Waals surface area (Å²) in [5.41, 5.74) is 1.55. The quantitative estimate of drug-likeness (QED) is 0.833. The van der Waals surface area contributed by atoms with E-state index in [1.54, 1.807) is 12.0 Å². The SMILES string of the molecule is COc1ccc2cc(C(=O)N3CCC[C@H](CS(C)(=O)=O)C3)n(C)c2c1. The summed E-state index contributed by atoms with van der Waals surface area (Å²) in [7, 11) is 0.454. The van der Waals surface area contributed by atoms with Crippen LogP contribution in [0.1, 0.15) is 23.3 Å². The predicted molar refractivity (Wildman–Crippen MR) is 97.8 cm³/mol. The van der Waals surface area contributed by atoms with E-state index in [2.05, 4.69) is 0 Å². The van der Waals surface area contributed by atoms with Gasteiger partial charge in [0.15, 0.2) is 0 Å².